The van der Waals surface area contributed by atoms with Crippen LogP contribution in [0.4, 0.5) is 5.82 Å². The van der Waals surface area contributed by atoms with Crippen molar-refractivity contribution in [2.45, 2.75) is 5.25 Å². The lowest BCUT2D eigenvalue weighted by Gasteiger charge is -2.31. The Morgan fingerprint density at radius 3 is 2.67 bits per heavy atom. The zero-order valence-electron chi connectivity index (χ0n) is 10.7. The van der Waals surface area contributed by atoms with Crippen molar-refractivity contribution in [2.75, 3.05) is 23.7 Å². The average Bonchev–Trinajstić information content (AvgIpc) is 2.38. The third-order valence-electron chi connectivity index (χ3n) is 3.15. The fourth-order valence-electron chi connectivity index (χ4n) is 2.01. The number of hydrogen-bond acceptors (Lipinski definition) is 6. The van der Waals surface area contributed by atoms with E-state index in [0.717, 1.165) is 0 Å². The van der Waals surface area contributed by atoms with Gasteiger partial charge in [-0.15, -0.1) is 0 Å². The van der Waals surface area contributed by atoms with Gasteiger partial charge < -0.3 is 15.7 Å². The highest BCUT2D eigenvalue weighted by atomic mass is 35.5. The van der Waals surface area contributed by atoms with Gasteiger partial charge >= 0.3 is 5.97 Å². The Labute approximate surface area is 125 Å². The number of halogens is 1. The Kier molecular flexibility index (Phi) is 4.06. The minimum atomic E-state index is -3.68. The number of nitrogens with two attached hydrogens (primary N) is 1. The summed E-state index contributed by atoms with van der Waals surface area (Å²) in [5, 5.41) is 7.58. The number of carbonyl (C=O) groups is 2. The lowest BCUT2D eigenvalue weighted by molar-refractivity contribution is -0.136. The number of carbonyl (C=O) groups excluding carboxylic acids is 1. The minimum Gasteiger partial charge on any atom is -0.480 e. The van der Waals surface area contributed by atoms with Gasteiger partial charge in [0.2, 0.25) is 5.91 Å². The second-order valence-corrected chi connectivity index (χ2v) is 7.24. The number of amides is 1. The quantitative estimate of drug-likeness (QED) is 0.763. The molecule has 1 amide bonds. The first-order valence-corrected chi connectivity index (χ1v) is 7.96. The summed E-state index contributed by atoms with van der Waals surface area (Å²) in [5.41, 5.74) is 5.21. The van der Waals surface area contributed by atoms with E-state index in [2.05, 4.69) is 4.98 Å². The van der Waals surface area contributed by atoms with E-state index >= 15 is 0 Å². The van der Waals surface area contributed by atoms with Gasteiger partial charge in [0.25, 0.3) is 0 Å². The number of aliphatic carboxylic acids is 1. The number of sulfone groups is 1. The Bertz CT molecular complexity index is 706. The van der Waals surface area contributed by atoms with E-state index in [1.807, 2.05) is 0 Å². The van der Waals surface area contributed by atoms with Crippen molar-refractivity contribution < 1.29 is 23.1 Å². The molecule has 0 aliphatic carbocycles. The van der Waals surface area contributed by atoms with Gasteiger partial charge in [-0.3, -0.25) is 9.59 Å². The summed E-state index contributed by atoms with van der Waals surface area (Å²) in [7, 11) is -3.68. The van der Waals surface area contributed by atoms with Gasteiger partial charge in [-0.25, -0.2) is 13.4 Å². The van der Waals surface area contributed by atoms with E-state index in [1.165, 1.54) is 17.2 Å². The fraction of sp³-hybridized carbons (Fsp3) is 0.364. The molecule has 1 aromatic rings. The number of hydrogen-bond donors (Lipinski definition) is 2. The first-order chi connectivity index (χ1) is 9.72. The van der Waals surface area contributed by atoms with Crippen molar-refractivity contribution in [2.24, 2.45) is 5.73 Å². The van der Waals surface area contributed by atoms with Crippen LogP contribution in [0.15, 0.2) is 12.3 Å². The van der Waals surface area contributed by atoms with Crippen molar-refractivity contribution >= 4 is 39.1 Å². The number of primary amides is 1. The number of carboxylic acid groups (broad SMARTS) is 1. The second kappa shape index (κ2) is 5.49. The molecule has 0 saturated carbocycles. The third kappa shape index (κ3) is 3.08. The maximum Gasteiger partial charge on any atom is 0.323 e. The van der Waals surface area contributed by atoms with Crippen molar-refractivity contribution in [3.63, 3.8) is 0 Å². The number of anilines is 1. The van der Waals surface area contributed by atoms with Crippen LogP contribution in [0.5, 0.6) is 0 Å². The van der Waals surface area contributed by atoms with Crippen molar-refractivity contribution in [3.8, 4) is 0 Å². The Morgan fingerprint density at radius 1 is 1.48 bits per heavy atom. The molecule has 0 spiro atoms. The van der Waals surface area contributed by atoms with E-state index < -0.39 is 27.0 Å². The predicted molar refractivity (Wildman–Crippen MR) is 75.2 cm³/mol. The van der Waals surface area contributed by atoms with Crippen LogP contribution in [0.25, 0.3) is 0 Å². The minimum absolute atomic E-state index is 0.0781. The van der Waals surface area contributed by atoms with Gasteiger partial charge in [0, 0.05) is 19.3 Å². The summed E-state index contributed by atoms with van der Waals surface area (Å²) in [6.45, 7) is -0.172. The van der Waals surface area contributed by atoms with E-state index in [9.17, 15) is 18.0 Å². The van der Waals surface area contributed by atoms with E-state index in [4.69, 9.17) is 22.4 Å². The molecule has 1 atom stereocenters. The van der Waals surface area contributed by atoms with Gasteiger partial charge in [-0.1, -0.05) is 11.6 Å². The number of pyridine rings is 1. The van der Waals surface area contributed by atoms with Gasteiger partial charge in [0.05, 0.1) is 16.3 Å². The molecule has 10 heteroatoms. The molecule has 1 aliphatic rings. The van der Waals surface area contributed by atoms with Crippen LogP contribution in [0, 0.1) is 0 Å². The zero-order valence-corrected chi connectivity index (χ0v) is 12.3. The predicted octanol–water partition coefficient (Wildman–Crippen LogP) is -0.478. The zero-order chi connectivity index (χ0) is 15.8. The number of nitrogens with zero attached hydrogens (tertiary/aromatic N) is 2. The van der Waals surface area contributed by atoms with Gasteiger partial charge in [-0.05, 0) is 6.07 Å². The van der Waals surface area contributed by atoms with Crippen molar-refractivity contribution in [1.29, 1.82) is 0 Å². The molecular formula is C11H12ClN3O5S. The fourth-order valence-corrected chi connectivity index (χ4v) is 3.77. The Balaban J connectivity index is 2.32. The molecule has 1 saturated heterocycles. The van der Waals surface area contributed by atoms with E-state index in [-0.39, 0.29) is 35.2 Å². The highest BCUT2D eigenvalue weighted by molar-refractivity contribution is 7.92. The summed E-state index contributed by atoms with van der Waals surface area (Å²) in [6.07, 6.45) is 1.21. The SMILES string of the molecule is NC(=O)c1cnc(N2CCS(=O)(=O)C(C(=O)O)C2)c(Cl)c1. The van der Waals surface area contributed by atoms with Crippen molar-refractivity contribution in [1.82, 2.24) is 4.98 Å². The highest BCUT2D eigenvalue weighted by Crippen LogP contribution is 2.27. The van der Waals surface area contributed by atoms with Crippen LogP contribution in [0.2, 0.25) is 5.02 Å². The Morgan fingerprint density at radius 2 is 2.14 bits per heavy atom. The molecular weight excluding hydrogens is 322 g/mol. The molecule has 2 rings (SSSR count). The first-order valence-electron chi connectivity index (χ1n) is 5.87. The summed E-state index contributed by atoms with van der Waals surface area (Å²) in [4.78, 5) is 27.5. The molecule has 2 heterocycles. The molecule has 0 radical (unpaired) electrons. The molecule has 1 fully saturated rings. The molecule has 1 aliphatic heterocycles. The van der Waals surface area contributed by atoms with Crippen LogP contribution < -0.4 is 10.6 Å². The van der Waals surface area contributed by atoms with Crippen LogP contribution in [-0.2, 0) is 14.6 Å². The van der Waals surface area contributed by atoms with Crippen LogP contribution in [-0.4, -0.2) is 54.5 Å². The molecule has 3 N–H and O–H groups in total. The summed E-state index contributed by atoms with van der Waals surface area (Å²) >= 11 is 6.00. The molecule has 21 heavy (non-hydrogen) atoms. The van der Waals surface area contributed by atoms with Gasteiger partial charge in [0.1, 0.15) is 5.82 Å². The van der Waals surface area contributed by atoms with Crippen LogP contribution in [0.1, 0.15) is 10.4 Å². The topological polar surface area (TPSA) is 131 Å². The molecule has 1 aromatic heterocycles. The lowest BCUT2D eigenvalue weighted by atomic mass is 10.2. The van der Waals surface area contributed by atoms with E-state index in [0.29, 0.717) is 0 Å². The summed E-state index contributed by atoms with van der Waals surface area (Å²) in [6, 6.07) is 1.31. The van der Waals surface area contributed by atoms with Gasteiger partial charge in [0.15, 0.2) is 15.1 Å². The molecule has 8 nitrogen and oxygen atoms in total. The Hall–Kier alpha value is -1.87. The van der Waals surface area contributed by atoms with Crippen LogP contribution >= 0.6 is 11.6 Å². The summed E-state index contributed by atoms with van der Waals surface area (Å²) < 4.78 is 23.4. The average molecular weight is 334 g/mol. The number of rotatable bonds is 3. The maximum atomic E-state index is 11.7. The standard InChI is InChI=1S/C11H12ClN3O5S/c12-7-3-6(9(13)16)4-14-10(7)15-1-2-21(19,20)8(5-15)11(17)18/h3-4,8H,1-2,5H2,(H2,13,16)(H,17,18). The molecule has 0 bridgehead atoms. The third-order valence-corrected chi connectivity index (χ3v) is 5.39. The highest BCUT2D eigenvalue weighted by Gasteiger charge is 2.39. The van der Waals surface area contributed by atoms with Gasteiger partial charge in [-0.2, -0.15) is 0 Å². The maximum absolute atomic E-state index is 11.7. The van der Waals surface area contributed by atoms with Crippen molar-refractivity contribution in [3.05, 3.63) is 22.8 Å². The largest absolute Gasteiger partial charge is 0.480 e. The van der Waals surface area contributed by atoms with Crippen LogP contribution in [0.3, 0.4) is 0 Å². The first kappa shape index (κ1) is 15.5. The molecule has 114 valence electrons. The monoisotopic (exact) mass is 333 g/mol. The molecule has 1 unspecified atom stereocenters. The normalized spacial score (nSPS) is 21.0. The number of carboxylic acids is 1. The van der Waals surface area contributed by atoms with E-state index in [1.54, 1.807) is 0 Å². The number of aromatic nitrogens is 1. The second-order valence-electron chi connectivity index (χ2n) is 4.53. The molecule has 0 aromatic carbocycles. The summed E-state index contributed by atoms with van der Waals surface area (Å²) in [5.74, 6) is -2.19. The lowest BCUT2D eigenvalue weighted by Crippen LogP contribution is -2.50. The smallest absolute Gasteiger partial charge is 0.323 e.